The van der Waals surface area contributed by atoms with E-state index in [1.807, 2.05) is 48.0 Å². The highest BCUT2D eigenvalue weighted by molar-refractivity contribution is 14.1. The van der Waals surface area contributed by atoms with Crippen molar-refractivity contribution in [3.8, 4) is 16.9 Å². The van der Waals surface area contributed by atoms with Crippen molar-refractivity contribution in [1.29, 1.82) is 0 Å². The zero-order valence-corrected chi connectivity index (χ0v) is 23.1. The molecule has 0 aliphatic carbocycles. The first-order chi connectivity index (χ1) is 17.9. The highest BCUT2D eigenvalue weighted by atomic mass is 127. The van der Waals surface area contributed by atoms with Crippen LogP contribution in [0.4, 0.5) is 11.4 Å². The zero-order chi connectivity index (χ0) is 25.9. The van der Waals surface area contributed by atoms with Crippen molar-refractivity contribution in [2.24, 2.45) is 10.1 Å². The Bertz CT molecular complexity index is 1680. The van der Waals surface area contributed by atoms with Crippen molar-refractivity contribution >= 4 is 51.5 Å². The molecule has 0 N–H and O–H groups in total. The van der Waals surface area contributed by atoms with Gasteiger partial charge in [0.2, 0.25) is 4.80 Å². The number of benzene rings is 3. The molecule has 0 spiro atoms. The smallest absolute Gasteiger partial charge is 0.270 e. The molecule has 0 aliphatic heterocycles. The lowest BCUT2D eigenvalue weighted by Crippen LogP contribution is -2.11. The van der Waals surface area contributed by atoms with Crippen LogP contribution in [-0.4, -0.2) is 20.4 Å². The van der Waals surface area contributed by atoms with E-state index in [2.05, 4.69) is 71.3 Å². The van der Waals surface area contributed by atoms with E-state index in [4.69, 9.17) is 10.1 Å². The van der Waals surface area contributed by atoms with Crippen molar-refractivity contribution in [1.82, 2.24) is 9.24 Å². The third-order valence-electron chi connectivity index (χ3n) is 5.89. The van der Waals surface area contributed by atoms with Crippen LogP contribution in [0.3, 0.4) is 0 Å². The number of rotatable bonds is 6. The number of nitrogens with zero attached hydrogens (tertiary/aromatic N) is 5. The molecule has 0 unspecified atom stereocenters. The van der Waals surface area contributed by atoms with Gasteiger partial charge in [-0.25, -0.2) is 9.67 Å². The number of halogens is 1. The summed E-state index contributed by atoms with van der Waals surface area (Å²) in [6, 6.07) is 26.7. The molecule has 37 heavy (non-hydrogen) atoms. The average molecular weight is 619 g/mol. The minimum atomic E-state index is -0.391. The van der Waals surface area contributed by atoms with Crippen molar-refractivity contribution in [2.75, 3.05) is 0 Å². The van der Waals surface area contributed by atoms with Gasteiger partial charge in [0.25, 0.3) is 5.69 Å². The Morgan fingerprint density at radius 2 is 1.73 bits per heavy atom. The second-order valence-corrected chi connectivity index (χ2v) is 10.4. The molecule has 0 radical (unpaired) electrons. The molecule has 7 nitrogen and oxygen atoms in total. The SMILES string of the molecule is Cc1cc(C=Nn2c(-c3cccc([N+](=O)[O-])c3)csc2=Nc2ccccc2)c(C)n1-c1ccc(I)cc1. The summed E-state index contributed by atoms with van der Waals surface area (Å²) < 4.78 is 5.13. The highest BCUT2D eigenvalue weighted by Gasteiger charge is 2.13. The third kappa shape index (κ3) is 5.32. The number of aromatic nitrogens is 2. The number of hydrogen-bond acceptors (Lipinski definition) is 5. The number of nitro benzene ring substituents is 1. The summed E-state index contributed by atoms with van der Waals surface area (Å²) in [5.74, 6) is 0. The second kappa shape index (κ2) is 10.7. The van der Waals surface area contributed by atoms with Gasteiger partial charge in [-0.2, -0.15) is 5.10 Å². The van der Waals surface area contributed by atoms with Crippen LogP contribution in [-0.2, 0) is 0 Å². The first-order valence-electron chi connectivity index (χ1n) is 11.4. The summed E-state index contributed by atoms with van der Waals surface area (Å²) in [5, 5.41) is 18.1. The predicted molar refractivity (Wildman–Crippen MR) is 157 cm³/mol. The van der Waals surface area contributed by atoms with Crippen LogP contribution in [0, 0.1) is 27.5 Å². The van der Waals surface area contributed by atoms with Gasteiger partial charge in [0, 0.05) is 49.3 Å². The van der Waals surface area contributed by atoms with Crippen LogP contribution in [0.5, 0.6) is 0 Å². The average Bonchev–Trinajstić information content (AvgIpc) is 3.43. The van der Waals surface area contributed by atoms with Crippen LogP contribution >= 0.6 is 33.9 Å². The summed E-state index contributed by atoms with van der Waals surface area (Å²) in [6.45, 7) is 4.14. The van der Waals surface area contributed by atoms with E-state index in [1.165, 1.54) is 21.0 Å². The Hall–Kier alpha value is -3.83. The summed E-state index contributed by atoms with van der Waals surface area (Å²) in [7, 11) is 0. The molecule has 0 atom stereocenters. The summed E-state index contributed by atoms with van der Waals surface area (Å²) in [4.78, 5) is 16.4. The number of thiazole rings is 1. The lowest BCUT2D eigenvalue weighted by atomic mass is 10.1. The van der Waals surface area contributed by atoms with Gasteiger partial charge in [-0.05, 0) is 78.9 Å². The van der Waals surface area contributed by atoms with E-state index < -0.39 is 4.92 Å². The van der Waals surface area contributed by atoms with Gasteiger partial charge in [-0.1, -0.05) is 30.3 Å². The van der Waals surface area contributed by atoms with Crippen molar-refractivity contribution < 1.29 is 4.92 Å². The Labute approximate surface area is 231 Å². The Kier molecular flexibility index (Phi) is 7.15. The van der Waals surface area contributed by atoms with Gasteiger partial charge in [0.15, 0.2) is 0 Å². The van der Waals surface area contributed by atoms with Gasteiger partial charge >= 0.3 is 0 Å². The molecule has 0 bridgehead atoms. The normalized spacial score (nSPS) is 11.9. The molecule has 0 aliphatic rings. The zero-order valence-electron chi connectivity index (χ0n) is 20.1. The van der Waals surface area contributed by atoms with Crippen LogP contribution in [0.2, 0.25) is 0 Å². The molecule has 0 amide bonds. The molecular weight excluding hydrogens is 597 g/mol. The number of non-ortho nitro benzene ring substituents is 1. The fraction of sp³-hybridized carbons (Fsp3) is 0.0714. The molecule has 184 valence electrons. The van der Waals surface area contributed by atoms with E-state index in [0.29, 0.717) is 10.4 Å². The van der Waals surface area contributed by atoms with Gasteiger partial charge in [-0.3, -0.25) is 10.1 Å². The number of nitro groups is 1. The lowest BCUT2D eigenvalue weighted by molar-refractivity contribution is -0.384. The maximum atomic E-state index is 11.4. The molecule has 9 heteroatoms. The number of hydrogen-bond donors (Lipinski definition) is 0. The van der Waals surface area contributed by atoms with E-state index in [0.717, 1.165) is 34.0 Å². The molecule has 0 saturated carbocycles. The third-order valence-corrected chi connectivity index (χ3v) is 7.42. The van der Waals surface area contributed by atoms with Crippen LogP contribution in [0.15, 0.2) is 100 Å². The van der Waals surface area contributed by atoms with Crippen molar-refractivity contribution in [2.45, 2.75) is 13.8 Å². The molecule has 5 aromatic rings. The van der Waals surface area contributed by atoms with Crippen LogP contribution < -0.4 is 4.80 Å². The molecule has 2 heterocycles. The highest BCUT2D eigenvalue weighted by Crippen LogP contribution is 2.26. The van der Waals surface area contributed by atoms with E-state index >= 15 is 0 Å². The summed E-state index contributed by atoms with van der Waals surface area (Å²) >= 11 is 3.74. The predicted octanol–water partition coefficient (Wildman–Crippen LogP) is 7.25. The molecule has 2 aromatic heterocycles. The van der Waals surface area contributed by atoms with Crippen molar-refractivity contribution in [3.05, 3.63) is 126 Å². The van der Waals surface area contributed by atoms with Gasteiger partial charge < -0.3 is 4.57 Å². The molecule has 0 saturated heterocycles. The molecular formula is C28H22IN5O2S. The van der Waals surface area contributed by atoms with Crippen LogP contribution in [0.1, 0.15) is 17.0 Å². The molecule has 0 fully saturated rings. The first-order valence-corrected chi connectivity index (χ1v) is 13.4. The van der Waals surface area contributed by atoms with Crippen LogP contribution in [0.25, 0.3) is 16.9 Å². The number of para-hydroxylation sites is 1. The van der Waals surface area contributed by atoms with Gasteiger partial charge in [0.05, 0.1) is 22.5 Å². The Morgan fingerprint density at radius 1 is 0.973 bits per heavy atom. The topological polar surface area (TPSA) is 77.7 Å². The fourth-order valence-corrected chi connectivity index (χ4v) is 5.32. The molecule has 3 aromatic carbocycles. The number of aryl methyl sites for hydroxylation is 1. The van der Waals surface area contributed by atoms with Gasteiger partial charge in [0.1, 0.15) is 0 Å². The van der Waals surface area contributed by atoms with E-state index in [9.17, 15) is 10.1 Å². The lowest BCUT2D eigenvalue weighted by Gasteiger charge is -2.09. The summed E-state index contributed by atoms with van der Waals surface area (Å²) in [5.41, 5.74) is 6.49. The van der Waals surface area contributed by atoms with E-state index in [-0.39, 0.29) is 5.69 Å². The Balaban J connectivity index is 1.62. The van der Waals surface area contributed by atoms with Gasteiger partial charge in [-0.15, -0.1) is 11.3 Å². The largest absolute Gasteiger partial charge is 0.318 e. The van der Waals surface area contributed by atoms with E-state index in [1.54, 1.807) is 16.8 Å². The van der Waals surface area contributed by atoms with Crippen molar-refractivity contribution in [3.63, 3.8) is 0 Å². The monoisotopic (exact) mass is 619 g/mol. The maximum Gasteiger partial charge on any atom is 0.270 e. The second-order valence-electron chi connectivity index (χ2n) is 8.35. The Morgan fingerprint density at radius 3 is 2.46 bits per heavy atom. The minimum absolute atomic E-state index is 0.0295. The maximum absolute atomic E-state index is 11.4. The molecule has 5 rings (SSSR count). The first kappa shape index (κ1) is 24.8. The standard InChI is InChI=1S/C28H22IN5O2S/c1-19-15-22(20(2)32(19)25-13-11-23(29)12-14-25)17-30-33-27(21-7-6-10-26(16-21)34(35)36)18-37-28(33)31-24-8-4-3-5-9-24/h3-18H,1-2H3. The summed E-state index contributed by atoms with van der Waals surface area (Å²) in [6.07, 6.45) is 1.82. The fourth-order valence-electron chi connectivity index (χ4n) is 4.10. The quantitative estimate of drug-likeness (QED) is 0.0869. The minimum Gasteiger partial charge on any atom is -0.318 e.